The van der Waals surface area contributed by atoms with Crippen LogP contribution in [0.5, 0.6) is 0 Å². The molecule has 2 amide bonds. The Kier molecular flexibility index (Phi) is 7.67. The molecule has 0 saturated carbocycles. The summed E-state index contributed by atoms with van der Waals surface area (Å²) in [5.41, 5.74) is 0.804. The van der Waals surface area contributed by atoms with Gasteiger partial charge >= 0.3 is 0 Å². The summed E-state index contributed by atoms with van der Waals surface area (Å²) in [7, 11) is 1.64. The van der Waals surface area contributed by atoms with E-state index in [1.54, 1.807) is 7.11 Å². The van der Waals surface area contributed by atoms with E-state index in [0.29, 0.717) is 52.4 Å². The average molecular weight is 334 g/mol. The van der Waals surface area contributed by atoms with Gasteiger partial charge in [0.15, 0.2) is 0 Å². The van der Waals surface area contributed by atoms with Gasteiger partial charge in [0.05, 0.1) is 19.7 Å². The van der Waals surface area contributed by atoms with Crippen molar-refractivity contribution in [2.45, 2.75) is 0 Å². The fourth-order valence-electron chi connectivity index (χ4n) is 2.56. The number of hydrogen-bond acceptors (Lipinski definition) is 5. The number of para-hydroxylation sites is 1. The minimum absolute atomic E-state index is 0.0257. The Morgan fingerprint density at radius 2 is 1.83 bits per heavy atom. The van der Waals surface area contributed by atoms with E-state index in [-0.39, 0.29) is 11.8 Å². The number of anilines is 1. The Hall–Kier alpha value is -1.96. The number of hydrogen-bond donors (Lipinski definition) is 2. The van der Waals surface area contributed by atoms with E-state index in [1.165, 1.54) is 0 Å². The van der Waals surface area contributed by atoms with Crippen LogP contribution in [-0.2, 0) is 14.3 Å². The number of rotatable bonds is 8. The fraction of sp³-hybridized carbons (Fsp3) is 0.529. The van der Waals surface area contributed by atoms with E-state index >= 15 is 0 Å². The molecular weight excluding hydrogens is 308 g/mol. The second-order valence-corrected chi connectivity index (χ2v) is 5.74. The number of piperazine rings is 1. The minimum Gasteiger partial charge on any atom is -0.383 e. The zero-order chi connectivity index (χ0) is 17.2. The average Bonchev–Trinajstić information content (AvgIpc) is 2.60. The fourth-order valence-corrected chi connectivity index (χ4v) is 2.56. The van der Waals surface area contributed by atoms with Gasteiger partial charge in [0.1, 0.15) is 0 Å². The first-order valence-electron chi connectivity index (χ1n) is 8.23. The Morgan fingerprint density at radius 1 is 1.12 bits per heavy atom. The molecule has 0 spiro atoms. The van der Waals surface area contributed by atoms with E-state index in [1.807, 2.05) is 35.2 Å². The second-order valence-electron chi connectivity index (χ2n) is 5.74. The highest BCUT2D eigenvalue weighted by Crippen LogP contribution is 2.06. The van der Waals surface area contributed by atoms with Gasteiger partial charge in [-0.05, 0) is 12.1 Å². The topological polar surface area (TPSA) is 73.9 Å². The van der Waals surface area contributed by atoms with Gasteiger partial charge in [-0.3, -0.25) is 14.5 Å². The minimum atomic E-state index is -0.0257. The molecule has 0 radical (unpaired) electrons. The third-order valence-corrected chi connectivity index (χ3v) is 3.91. The number of nitrogens with one attached hydrogen (secondary N) is 2. The molecule has 7 nitrogen and oxygen atoms in total. The normalized spacial score (nSPS) is 15.3. The smallest absolute Gasteiger partial charge is 0.238 e. The number of amides is 2. The highest BCUT2D eigenvalue weighted by atomic mass is 16.5. The molecule has 7 heteroatoms. The molecule has 1 aliphatic heterocycles. The molecule has 2 N–H and O–H groups in total. The van der Waals surface area contributed by atoms with Gasteiger partial charge in [0.25, 0.3) is 0 Å². The maximum Gasteiger partial charge on any atom is 0.238 e. The van der Waals surface area contributed by atoms with Crippen LogP contribution in [0.15, 0.2) is 30.3 Å². The first kappa shape index (κ1) is 18.4. The first-order valence-corrected chi connectivity index (χ1v) is 8.23. The Labute approximate surface area is 142 Å². The van der Waals surface area contributed by atoms with Gasteiger partial charge in [-0.1, -0.05) is 18.2 Å². The van der Waals surface area contributed by atoms with Crippen LogP contribution in [0.25, 0.3) is 0 Å². The van der Waals surface area contributed by atoms with Crippen LogP contribution in [0.1, 0.15) is 0 Å². The summed E-state index contributed by atoms with van der Waals surface area (Å²) < 4.78 is 4.93. The summed E-state index contributed by atoms with van der Waals surface area (Å²) in [5, 5.41) is 5.94. The van der Waals surface area contributed by atoms with E-state index in [0.717, 1.165) is 5.69 Å². The molecule has 0 unspecified atom stereocenters. The second kappa shape index (κ2) is 10.0. The largest absolute Gasteiger partial charge is 0.383 e. The predicted molar refractivity (Wildman–Crippen MR) is 92.8 cm³/mol. The van der Waals surface area contributed by atoms with Crippen molar-refractivity contribution in [3.8, 4) is 0 Å². The van der Waals surface area contributed by atoms with E-state index in [2.05, 4.69) is 15.5 Å². The lowest BCUT2D eigenvalue weighted by Gasteiger charge is -2.34. The van der Waals surface area contributed by atoms with Gasteiger partial charge in [-0.2, -0.15) is 0 Å². The zero-order valence-electron chi connectivity index (χ0n) is 14.2. The summed E-state index contributed by atoms with van der Waals surface area (Å²) in [6, 6.07) is 9.42. The highest BCUT2D eigenvalue weighted by molar-refractivity contribution is 5.92. The van der Waals surface area contributed by atoms with E-state index in [9.17, 15) is 9.59 Å². The van der Waals surface area contributed by atoms with Crippen LogP contribution >= 0.6 is 0 Å². The summed E-state index contributed by atoms with van der Waals surface area (Å²) in [6.07, 6.45) is 0. The Balaban J connectivity index is 1.65. The Morgan fingerprint density at radius 3 is 2.50 bits per heavy atom. The van der Waals surface area contributed by atoms with Crippen LogP contribution in [0.3, 0.4) is 0 Å². The van der Waals surface area contributed by atoms with Crippen molar-refractivity contribution < 1.29 is 14.3 Å². The van der Waals surface area contributed by atoms with Crippen molar-refractivity contribution in [2.75, 3.05) is 64.8 Å². The van der Waals surface area contributed by atoms with Crippen LogP contribution in [0.4, 0.5) is 5.69 Å². The molecule has 0 bridgehead atoms. The monoisotopic (exact) mass is 334 g/mol. The van der Waals surface area contributed by atoms with Crippen LogP contribution in [0.2, 0.25) is 0 Å². The number of benzene rings is 1. The molecule has 2 rings (SSSR count). The number of nitrogens with zero attached hydrogens (tertiary/aromatic N) is 2. The molecule has 1 aromatic rings. The van der Waals surface area contributed by atoms with Crippen LogP contribution in [-0.4, -0.2) is 81.1 Å². The van der Waals surface area contributed by atoms with Crippen molar-refractivity contribution in [1.82, 2.24) is 15.1 Å². The summed E-state index contributed by atoms with van der Waals surface area (Å²) in [5.74, 6) is 0.0710. The molecule has 24 heavy (non-hydrogen) atoms. The third kappa shape index (κ3) is 6.27. The summed E-state index contributed by atoms with van der Waals surface area (Å²) >= 11 is 0. The van der Waals surface area contributed by atoms with Gasteiger partial charge in [0.2, 0.25) is 11.8 Å². The first-order chi connectivity index (χ1) is 11.7. The SMILES string of the molecule is COCCNCC(=O)N1CCN(CC(=O)Nc2ccccc2)CC1. The number of methoxy groups -OCH3 is 1. The van der Waals surface area contributed by atoms with Gasteiger partial charge in [-0.25, -0.2) is 0 Å². The van der Waals surface area contributed by atoms with E-state index in [4.69, 9.17) is 4.74 Å². The molecule has 0 atom stereocenters. The lowest BCUT2D eigenvalue weighted by molar-refractivity contribution is -0.132. The molecule has 1 heterocycles. The lowest BCUT2D eigenvalue weighted by atomic mass is 10.3. The molecule has 1 aliphatic rings. The molecule has 0 aliphatic carbocycles. The molecule has 1 aromatic carbocycles. The van der Waals surface area contributed by atoms with Crippen molar-refractivity contribution in [1.29, 1.82) is 0 Å². The zero-order valence-corrected chi connectivity index (χ0v) is 14.2. The third-order valence-electron chi connectivity index (χ3n) is 3.91. The number of ether oxygens (including phenoxy) is 1. The summed E-state index contributed by atoms with van der Waals surface area (Å²) in [4.78, 5) is 28.0. The quantitative estimate of drug-likeness (QED) is 0.655. The van der Waals surface area contributed by atoms with Crippen LogP contribution in [0, 0.1) is 0 Å². The number of carbonyl (C=O) groups is 2. The van der Waals surface area contributed by atoms with E-state index < -0.39 is 0 Å². The Bertz CT molecular complexity index is 516. The van der Waals surface area contributed by atoms with Gasteiger partial charge in [0, 0.05) is 45.5 Å². The molecule has 0 aromatic heterocycles. The van der Waals surface area contributed by atoms with Crippen molar-refractivity contribution in [3.05, 3.63) is 30.3 Å². The van der Waals surface area contributed by atoms with Gasteiger partial charge < -0.3 is 20.3 Å². The van der Waals surface area contributed by atoms with Crippen molar-refractivity contribution in [2.24, 2.45) is 0 Å². The van der Waals surface area contributed by atoms with Crippen molar-refractivity contribution >= 4 is 17.5 Å². The van der Waals surface area contributed by atoms with Crippen molar-refractivity contribution in [3.63, 3.8) is 0 Å². The molecule has 132 valence electrons. The highest BCUT2D eigenvalue weighted by Gasteiger charge is 2.22. The number of carbonyl (C=O) groups excluding carboxylic acids is 2. The molecule has 1 saturated heterocycles. The maximum absolute atomic E-state index is 12.1. The predicted octanol–water partition coefficient (Wildman–Crippen LogP) is 0.00530. The van der Waals surface area contributed by atoms with Crippen LogP contribution < -0.4 is 10.6 Å². The standard InChI is InChI=1S/C17H26N4O3/c1-24-12-7-18-13-17(23)21-10-8-20(9-11-21)14-16(22)19-15-5-3-2-4-6-15/h2-6,18H,7-14H2,1H3,(H,19,22). The summed E-state index contributed by atoms with van der Waals surface area (Å²) in [6.45, 7) is 4.69. The molecule has 1 fully saturated rings. The lowest BCUT2D eigenvalue weighted by Crippen LogP contribution is -2.52. The van der Waals surface area contributed by atoms with Gasteiger partial charge in [-0.15, -0.1) is 0 Å². The maximum atomic E-state index is 12.1. The molecular formula is C17H26N4O3.